The average molecular weight is 229 g/mol. The van der Waals surface area contributed by atoms with E-state index in [1.807, 2.05) is 18.5 Å². The highest BCUT2D eigenvalue weighted by atomic mass is 32.2. The SMILES string of the molecule is Cc1nn(CC2CS(=O)(=O)C2)c(C)c1N. The van der Waals surface area contributed by atoms with Gasteiger partial charge < -0.3 is 5.73 Å². The van der Waals surface area contributed by atoms with Crippen LogP contribution in [0.5, 0.6) is 0 Å². The Balaban J connectivity index is 2.10. The van der Waals surface area contributed by atoms with E-state index in [0.717, 1.165) is 11.4 Å². The third-order valence-electron chi connectivity index (χ3n) is 2.85. The number of nitrogens with two attached hydrogens (primary N) is 1. The lowest BCUT2D eigenvalue weighted by molar-refractivity contribution is 0.436. The predicted molar refractivity (Wildman–Crippen MR) is 58.3 cm³/mol. The van der Waals surface area contributed by atoms with Crippen LogP contribution in [0.4, 0.5) is 5.69 Å². The van der Waals surface area contributed by atoms with Crippen molar-refractivity contribution in [1.29, 1.82) is 0 Å². The van der Waals surface area contributed by atoms with Crippen molar-refractivity contribution in [3.05, 3.63) is 11.4 Å². The summed E-state index contributed by atoms with van der Waals surface area (Å²) in [5.74, 6) is 0.767. The molecule has 2 N–H and O–H groups in total. The quantitative estimate of drug-likeness (QED) is 0.781. The van der Waals surface area contributed by atoms with Gasteiger partial charge in [0.2, 0.25) is 0 Å². The van der Waals surface area contributed by atoms with Gasteiger partial charge >= 0.3 is 0 Å². The summed E-state index contributed by atoms with van der Waals surface area (Å²) in [5, 5.41) is 4.28. The van der Waals surface area contributed by atoms with E-state index in [0.29, 0.717) is 12.2 Å². The number of anilines is 1. The van der Waals surface area contributed by atoms with Crippen LogP contribution in [0.3, 0.4) is 0 Å². The number of hydrogen-bond acceptors (Lipinski definition) is 4. The molecule has 0 aromatic carbocycles. The first-order valence-electron chi connectivity index (χ1n) is 4.89. The molecule has 0 amide bonds. The number of aromatic nitrogens is 2. The molecule has 0 bridgehead atoms. The summed E-state index contributed by atoms with van der Waals surface area (Å²) in [7, 11) is -2.74. The Morgan fingerprint density at radius 1 is 1.47 bits per heavy atom. The van der Waals surface area contributed by atoms with E-state index < -0.39 is 9.84 Å². The maximum Gasteiger partial charge on any atom is 0.151 e. The minimum absolute atomic E-state index is 0.201. The summed E-state index contributed by atoms with van der Waals surface area (Å²) in [4.78, 5) is 0. The van der Waals surface area contributed by atoms with Gasteiger partial charge in [-0.3, -0.25) is 4.68 Å². The molecule has 15 heavy (non-hydrogen) atoms. The van der Waals surface area contributed by atoms with Gasteiger partial charge in [-0.2, -0.15) is 5.10 Å². The molecule has 0 radical (unpaired) electrons. The van der Waals surface area contributed by atoms with Crippen molar-refractivity contribution >= 4 is 15.5 Å². The summed E-state index contributed by atoms with van der Waals surface area (Å²) in [6.45, 7) is 4.42. The molecule has 1 saturated heterocycles. The highest BCUT2D eigenvalue weighted by Gasteiger charge is 2.33. The van der Waals surface area contributed by atoms with Crippen molar-refractivity contribution in [2.24, 2.45) is 5.92 Å². The first-order chi connectivity index (χ1) is 6.89. The highest BCUT2D eigenvalue weighted by molar-refractivity contribution is 7.92. The molecule has 0 spiro atoms. The maximum atomic E-state index is 11.0. The molecule has 1 aromatic heterocycles. The fourth-order valence-electron chi connectivity index (χ4n) is 1.91. The van der Waals surface area contributed by atoms with Gasteiger partial charge in [-0.05, 0) is 13.8 Å². The minimum atomic E-state index is -2.74. The van der Waals surface area contributed by atoms with Gasteiger partial charge in [-0.15, -0.1) is 0 Å². The summed E-state index contributed by atoms with van der Waals surface area (Å²) >= 11 is 0. The van der Waals surface area contributed by atoms with Crippen LogP contribution >= 0.6 is 0 Å². The molecule has 2 heterocycles. The Hall–Kier alpha value is -1.04. The number of aryl methyl sites for hydroxylation is 1. The zero-order chi connectivity index (χ0) is 11.2. The van der Waals surface area contributed by atoms with E-state index in [-0.39, 0.29) is 17.4 Å². The molecule has 0 aliphatic carbocycles. The Labute approximate surface area is 89.2 Å². The topological polar surface area (TPSA) is 78.0 Å². The van der Waals surface area contributed by atoms with Gasteiger partial charge in [0.25, 0.3) is 0 Å². The molecule has 1 aliphatic heterocycles. The molecule has 1 aromatic rings. The van der Waals surface area contributed by atoms with Gasteiger partial charge in [0, 0.05) is 12.5 Å². The molecule has 6 heteroatoms. The predicted octanol–water partition coefficient (Wildman–Crippen LogP) is 0.127. The molecular weight excluding hydrogens is 214 g/mol. The maximum absolute atomic E-state index is 11.0. The van der Waals surface area contributed by atoms with Crippen molar-refractivity contribution in [3.8, 4) is 0 Å². The van der Waals surface area contributed by atoms with Crippen LogP contribution in [0.2, 0.25) is 0 Å². The van der Waals surface area contributed by atoms with Gasteiger partial charge in [-0.1, -0.05) is 0 Å². The summed E-state index contributed by atoms with van der Waals surface area (Å²) < 4.78 is 23.8. The molecule has 0 unspecified atom stereocenters. The van der Waals surface area contributed by atoms with E-state index in [1.54, 1.807) is 0 Å². The van der Waals surface area contributed by atoms with E-state index in [2.05, 4.69) is 5.10 Å². The molecular formula is C9H15N3O2S. The second-order valence-electron chi connectivity index (χ2n) is 4.21. The van der Waals surface area contributed by atoms with Gasteiger partial charge in [-0.25, -0.2) is 8.42 Å². The van der Waals surface area contributed by atoms with Crippen LogP contribution in [0.1, 0.15) is 11.4 Å². The fourth-order valence-corrected chi connectivity index (χ4v) is 3.46. The van der Waals surface area contributed by atoms with Crippen LogP contribution in [-0.4, -0.2) is 29.7 Å². The summed E-state index contributed by atoms with van der Waals surface area (Å²) in [5.41, 5.74) is 8.24. The van der Waals surface area contributed by atoms with E-state index in [4.69, 9.17) is 5.73 Å². The van der Waals surface area contributed by atoms with Crippen LogP contribution < -0.4 is 5.73 Å². The Bertz CT molecular complexity index is 478. The average Bonchev–Trinajstić information content (AvgIpc) is 2.31. The number of nitrogen functional groups attached to an aromatic ring is 1. The zero-order valence-electron chi connectivity index (χ0n) is 8.90. The monoisotopic (exact) mass is 229 g/mol. The third kappa shape index (κ3) is 1.86. The Kier molecular flexibility index (Phi) is 2.26. The van der Waals surface area contributed by atoms with Crippen LogP contribution in [0, 0.1) is 19.8 Å². The van der Waals surface area contributed by atoms with Gasteiger partial charge in [0.15, 0.2) is 9.84 Å². The van der Waals surface area contributed by atoms with Crippen LogP contribution in [0.15, 0.2) is 0 Å². The standard InChI is InChI=1S/C9H15N3O2S/c1-6-9(10)7(2)12(11-6)3-8-4-15(13,14)5-8/h8H,3-5,10H2,1-2H3. The van der Waals surface area contributed by atoms with Crippen molar-refractivity contribution in [3.63, 3.8) is 0 Å². The minimum Gasteiger partial charge on any atom is -0.396 e. The molecule has 84 valence electrons. The molecule has 0 atom stereocenters. The first-order valence-corrected chi connectivity index (χ1v) is 6.71. The van der Waals surface area contributed by atoms with Crippen molar-refractivity contribution in [2.75, 3.05) is 17.2 Å². The second kappa shape index (κ2) is 3.23. The molecule has 2 rings (SSSR count). The van der Waals surface area contributed by atoms with Crippen molar-refractivity contribution < 1.29 is 8.42 Å². The number of hydrogen-bond donors (Lipinski definition) is 1. The van der Waals surface area contributed by atoms with Crippen molar-refractivity contribution in [2.45, 2.75) is 20.4 Å². The number of nitrogens with zero attached hydrogens (tertiary/aromatic N) is 2. The number of sulfone groups is 1. The smallest absolute Gasteiger partial charge is 0.151 e. The Morgan fingerprint density at radius 3 is 2.47 bits per heavy atom. The highest BCUT2D eigenvalue weighted by Crippen LogP contribution is 2.22. The zero-order valence-corrected chi connectivity index (χ0v) is 9.71. The summed E-state index contributed by atoms with van der Waals surface area (Å²) in [6, 6.07) is 0. The van der Waals surface area contributed by atoms with Crippen LogP contribution in [0.25, 0.3) is 0 Å². The normalized spacial score (nSPS) is 20.1. The van der Waals surface area contributed by atoms with Crippen molar-refractivity contribution in [1.82, 2.24) is 9.78 Å². The Morgan fingerprint density at radius 2 is 2.07 bits per heavy atom. The molecule has 1 fully saturated rings. The first kappa shape index (κ1) is 10.5. The third-order valence-corrected chi connectivity index (χ3v) is 4.81. The second-order valence-corrected chi connectivity index (χ2v) is 6.36. The van der Waals surface area contributed by atoms with E-state index >= 15 is 0 Å². The number of rotatable bonds is 2. The molecule has 5 nitrogen and oxygen atoms in total. The fraction of sp³-hybridized carbons (Fsp3) is 0.667. The van der Waals surface area contributed by atoms with E-state index in [1.165, 1.54) is 0 Å². The lowest BCUT2D eigenvalue weighted by Gasteiger charge is -2.25. The molecule has 1 aliphatic rings. The lowest BCUT2D eigenvalue weighted by Crippen LogP contribution is -2.39. The van der Waals surface area contributed by atoms with Gasteiger partial charge in [0.05, 0.1) is 28.6 Å². The largest absolute Gasteiger partial charge is 0.396 e. The lowest BCUT2D eigenvalue weighted by atomic mass is 10.2. The van der Waals surface area contributed by atoms with Gasteiger partial charge in [0.1, 0.15) is 0 Å². The van der Waals surface area contributed by atoms with Crippen LogP contribution in [-0.2, 0) is 16.4 Å². The molecule has 0 saturated carbocycles. The van der Waals surface area contributed by atoms with E-state index in [9.17, 15) is 8.42 Å². The summed E-state index contributed by atoms with van der Waals surface area (Å²) in [6.07, 6.45) is 0.